The molecule has 0 amide bonds. The van der Waals surface area contributed by atoms with Crippen molar-refractivity contribution in [1.82, 2.24) is 10.1 Å². The van der Waals surface area contributed by atoms with Gasteiger partial charge in [0.05, 0.1) is 5.54 Å². The van der Waals surface area contributed by atoms with E-state index < -0.39 is 5.54 Å². The zero-order valence-electron chi connectivity index (χ0n) is 10.8. The number of halogens is 1. The molecule has 1 aromatic carbocycles. The third-order valence-corrected chi connectivity index (χ3v) is 4.22. The molecule has 0 saturated heterocycles. The molecule has 3 rings (SSSR count). The fourth-order valence-electron chi connectivity index (χ4n) is 2.58. The van der Waals surface area contributed by atoms with E-state index in [-0.39, 0.29) is 0 Å². The lowest BCUT2D eigenvalue weighted by Crippen LogP contribution is -2.43. The number of rotatable bonds is 2. The standard InChI is InChI=1S/C14H16BrN3O/c1-2-12-17-13(18-19-12)14(16)6-5-9-7-11(15)4-3-10(9)8-14/h3-4,7H,2,5-6,8,16H2,1H3. The maximum Gasteiger partial charge on any atom is 0.226 e. The first kappa shape index (κ1) is 12.8. The van der Waals surface area contributed by atoms with Crippen LogP contribution >= 0.6 is 15.9 Å². The van der Waals surface area contributed by atoms with E-state index in [1.807, 2.05) is 6.92 Å². The Balaban J connectivity index is 1.93. The molecule has 4 nitrogen and oxygen atoms in total. The van der Waals surface area contributed by atoms with Gasteiger partial charge in [-0.3, -0.25) is 0 Å². The molecule has 0 saturated carbocycles. The summed E-state index contributed by atoms with van der Waals surface area (Å²) in [5.41, 5.74) is 8.64. The van der Waals surface area contributed by atoms with E-state index >= 15 is 0 Å². The first-order valence-electron chi connectivity index (χ1n) is 6.50. The number of benzene rings is 1. The average Bonchev–Trinajstić information content (AvgIpc) is 2.89. The lowest BCUT2D eigenvalue weighted by Gasteiger charge is -2.32. The van der Waals surface area contributed by atoms with Crippen LogP contribution in [0.1, 0.15) is 36.2 Å². The van der Waals surface area contributed by atoms with Crippen LogP contribution in [0.5, 0.6) is 0 Å². The second-order valence-electron chi connectivity index (χ2n) is 5.11. The number of aryl methyl sites for hydroxylation is 2. The van der Waals surface area contributed by atoms with Crippen molar-refractivity contribution in [3.05, 3.63) is 45.5 Å². The highest BCUT2D eigenvalue weighted by atomic mass is 79.9. The first-order valence-corrected chi connectivity index (χ1v) is 7.29. The molecule has 1 aliphatic rings. The van der Waals surface area contributed by atoms with E-state index in [0.717, 1.165) is 30.2 Å². The Kier molecular flexibility index (Phi) is 3.19. The van der Waals surface area contributed by atoms with Crippen molar-refractivity contribution in [2.45, 2.75) is 38.1 Å². The van der Waals surface area contributed by atoms with Gasteiger partial charge in [0.15, 0.2) is 5.82 Å². The molecule has 0 fully saturated rings. The van der Waals surface area contributed by atoms with Gasteiger partial charge in [0.25, 0.3) is 0 Å². The Labute approximate surface area is 120 Å². The van der Waals surface area contributed by atoms with Crippen LogP contribution in [-0.4, -0.2) is 10.1 Å². The summed E-state index contributed by atoms with van der Waals surface area (Å²) in [6.45, 7) is 1.99. The Morgan fingerprint density at radius 2 is 2.26 bits per heavy atom. The Bertz CT molecular complexity index is 610. The molecule has 0 spiro atoms. The molecule has 19 heavy (non-hydrogen) atoms. The van der Waals surface area contributed by atoms with Crippen LogP contribution in [0, 0.1) is 0 Å². The summed E-state index contributed by atoms with van der Waals surface area (Å²) in [6, 6.07) is 6.35. The third-order valence-electron chi connectivity index (χ3n) is 3.73. The van der Waals surface area contributed by atoms with Crippen molar-refractivity contribution in [3.63, 3.8) is 0 Å². The molecule has 1 heterocycles. The molecular formula is C14H16BrN3O. The number of fused-ring (bicyclic) bond motifs is 1. The topological polar surface area (TPSA) is 64.9 Å². The van der Waals surface area contributed by atoms with E-state index in [1.54, 1.807) is 0 Å². The zero-order chi connectivity index (χ0) is 13.5. The molecule has 100 valence electrons. The molecule has 1 aliphatic carbocycles. The largest absolute Gasteiger partial charge is 0.339 e. The van der Waals surface area contributed by atoms with Gasteiger partial charge in [0, 0.05) is 10.9 Å². The molecular weight excluding hydrogens is 306 g/mol. The second kappa shape index (κ2) is 4.72. The summed E-state index contributed by atoms with van der Waals surface area (Å²) in [5, 5.41) is 4.05. The van der Waals surface area contributed by atoms with Crippen LogP contribution in [0.25, 0.3) is 0 Å². The average molecular weight is 322 g/mol. The van der Waals surface area contributed by atoms with Gasteiger partial charge < -0.3 is 10.3 Å². The van der Waals surface area contributed by atoms with E-state index in [1.165, 1.54) is 11.1 Å². The number of nitrogens with zero attached hydrogens (tertiary/aromatic N) is 2. The van der Waals surface area contributed by atoms with Crippen LogP contribution < -0.4 is 5.73 Å². The van der Waals surface area contributed by atoms with Crippen molar-refractivity contribution in [2.75, 3.05) is 0 Å². The van der Waals surface area contributed by atoms with E-state index in [0.29, 0.717) is 11.7 Å². The van der Waals surface area contributed by atoms with E-state index in [2.05, 4.69) is 44.3 Å². The molecule has 1 unspecified atom stereocenters. The normalized spacial score (nSPS) is 22.3. The molecule has 1 aromatic heterocycles. The summed E-state index contributed by atoms with van der Waals surface area (Å²) in [6.07, 6.45) is 3.30. The van der Waals surface area contributed by atoms with Crippen LogP contribution in [0.4, 0.5) is 0 Å². The predicted molar refractivity (Wildman–Crippen MR) is 75.7 cm³/mol. The minimum Gasteiger partial charge on any atom is -0.339 e. The smallest absolute Gasteiger partial charge is 0.226 e. The Morgan fingerprint density at radius 3 is 3.00 bits per heavy atom. The molecule has 5 heteroatoms. The predicted octanol–water partition coefficient (Wildman–Crippen LogP) is 2.74. The first-order chi connectivity index (χ1) is 9.10. The second-order valence-corrected chi connectivity index (χ2v) is 6.03. The molecule has 2 N–H and O–H groups in total. The summed E-state index contributed by atoms with van der Waals surface area (Å²) >= 11 is 3.51. The minimum absolute atomic E-state index is 0.502. The maximum absolute atomic E-state index is 6.50. The highest BCUT2D eigenvalue weighted by molar-refractivity contribution is 9.10. The van der Waals surface area contributed by atoms with E-state index in [4.69, 9.17) is 10.3 Å². The zero-order valence-corrected chi connectivity index (χ0v) is 12.4. The van der Waals surface area contributed by atoms with Crippen molar-refractivity contribution in [1.29, 1.82) is 0 Å². The molecule has 2 aromatic rings. The molecule has 1 atom stereocenters. The van der Waals surface area contributed by atoms with Crippen LogP contribution in [0.3, 0.4) is 0 Å². The highest BCUT2D eigenvalue weighted by Crippen LogP contribution is 2.34. The van der Waals surface area contributed by atoms with E-state index in [9.17, 15) is 0 Å². The van der Waals surface area contributed by atoms with Gasteiger partial charge in [0.2, 0.25) is 5.89 Å². The van der Waals surface area contributed by atoms with Gasteiger partial charge in [-0.1, -0.05) is 34.1 Å². The van der Waals surface area contributed by atoms with Gasteiger partial charge in [0.1, 0.15) is 0 Å². The van der Waals surface area contributed by atoms with Crippen molar-refractivity contribution >= 4 is 15.9 Å². The summed E-state index contributed by atoms with van der Waals surface area (Å²) in [7, 11) is 0. The summed E-state index contributed by atoms with van der Waals surface area (Å²) in [4.78, 5) is 4.40. The van der Waals surface area contributed by atoms with Crippen LogP contribution in [0.15, 0.2) is 27.2 Å². The number of hydrogen-bond acceptors (Lipinski definition) is 4. The van der Waals surface area contributed by atoms with Gasteiger partial charge in [-0.05, 0) is 42.5 Å². The Hall–Kier alpha value is -1.20. The maximum atomic E-state index is 6.50. The van der Waals surface area contributed by atoms with Crippen LogP contribution in [0.2, 0.25) is 0 Å². The fraction of sp³-hybridized carbons (Fsp3) is 0.429. The monoisotopic (exact) mass is 321 g/mol. The Morgan fingerprint density at radius 1 is 1.42 bits per heavy atom. The lowest BCUT2D eigenvalue weighted by atomic mass is 9.78. The lowest BCUT2D eigenvalue weighted by molar-refractivity contribution is 0.325. The number of nitrogens with two attached hydrogens (primary N) is 1. The summed E-state index contributed by atoms with van der Waals surface area (Å²) < 4.78 is 6.31. The van der Waals surface area contributed by atoms with Gasteiger partial charge in [-0.15, -0.1) is 0 Å². The summed E-state index contributed by atoms with van der Waals surface area (Å²) in [5.74, 6) is 1.29. The van der Waals surface area contributed by atoms with Crippen molar-refractivity contribution in [3.8, 4) is 0 Å². The van der Waals surface area contributed by atoms with Gasteiger partial charge >= 0.3 is 0 Å². The van der Waals surface area contributed by atoms with Crippen molar-refractivity contribution < 1.29 is 4.52 Å². The third kappa shape index (κ3) is 2.32. The van der Waals surface area contributed by atoms with Gasteiger partial charge in [-0.25, -0.2) is 0 Å². The molecule has 0 radical (unpaired) electrons. The fourth-order valence-corrected chi connectivity index (χ4v) is 2.99. The highest BCUT2D eigenvalue weighted by Gasteiger charge is 2.36. The van der Waals surface area contributed by atoms with Crippen LogP contribution in [-0.2, 0) is 24.8 Å². The molecule has 0 aliphatic heterocycles. The molecule has 0 bridgehead atoms. The number of aromatic nitrogens is 2. The quantitative estimate of drug-likeness (QED) is 0.923. The van der Waals surface area contributed by atoms with Crippen molar-refractivity contribution in [2.24, 2.45) is 5.73 Å². The van der Waals surface area contributed by atoms with Gasteiger partial charge in [-0.2, -0.15) is 4.98 Å². The SMILES string of the molecule is CCc1nc(C2(N)CCc3cc(Br)ccc3C2)no1. The number of hydrogen-bond donors (Lipinski definition) is 1. The minimum atomic E-state index is -0.502.